The van der Waals surface area contributed by atoms with Gasteiger partial charge in [0.2, 0.25) is 0 Å². The number of halogens is 2. The first-order valence-corrected chi connectivity index (χ1v) is 8.18. The molecule has 124 valence electrons. The zero-order valence-corrected chi connectivity index (χ0v) is 13.4. The molecular formula is C18H22F2N2O. The molecule has 3 rings (SSSR count). The van der Waals surface area contributed by atoms with Gasteiger partial charge in [-0.3, -0.25) is 4.90 Å². The second-order valence-corrected chi connectivity index (χ2v) is 6.34. The fourth-order valence-electron chi connectivity index (χ4n) is 3.36. The molecule has 0 N–H and O–H groups in total. The largest absolute Gasteiger partial charge is 0.449 e. The van der Waals surface area contributed by atoms with Crippen molar-refractivity contribution in [3.8, 4) is 0 Å². The number of aryl methyl sites for hydroxylation is 1. The van der Waals surface area contributed by atoms with Gasteiger partial charge in [0.1, 0.15) is 17.9 Å². The van der Waals surface area contributed by atoms with Crippen LogP contribution in [-0.2, 0) is 13.0 Å². The molecule has 0 saturated carbocycles. The van der Waals surface area contributed by atoms with Crippen LogP contribution >= 0.6 is 0 Å². The summed E-state index contributed by atoms with van der Waals surface area (Å²) in [4.78, 5) is 6.69. The van der Waals surface area contributed by atoms with Crippen molar-refractivity contribution in [2.45, 2.75) is 39.2 Å². The standard InChI is InChI=1S/C18H22F2N2O/c1-13-21-15(12-23-13)11-22-9-3-4-14(10-22)7-8-16-17(19)5-2-6-18(16)20/h2,5-6,12,14H,3-4,7-11H2,1H3. The van der Waals surface area contributed by atoms with Crippen molar-refractivity contribution in [1.29, 1.82) is 0 Å². The molecule has 1 unspecified atom stereocenters. The lowest BCUT2D eigenvalue weighted by Gasteiger charge is -2.32. The van der Waals surface area contributed by atoms with Crippen molar-refractivity contribution < 1.29 is 13.2 Å². The Morgan fingerprint density at radius 3 is 2.78 bits per heavy atom. The average Bonchev–Trinajstić information content (AvgIpc) is 2.92. The maximum atomic E-state index is 13.7. The molecule has 0 amide bonds. The number of aromatic nitrogens is 1. The van der Waals surface area contributed by atoms with Crippen LogP contribution < -0.4 is 0 Å². The maximum absolute atomic E-state index is 13.7. The molecule has 1 saturated heterocycles. The fraction of sp³-hybridized carbons (Fsp3) is 0.500. The van der Waals surface area contributed by atoms with Crippen LogP contribution in [0.5, 0.6) is 0 Å². The van der Waals surface area contributed by atoms with E-state index in [0.29, 0.717) is 18.2 Å². The van der Waals surface area contributed by atoms with Gasteiger partial charge in [-0.05, 0) is 50.3 Å². The zero-order valence-electron chi connectivity index (χ0n) is 13.4. The summed E-state index contributed by atoms with van der Waals surface area (Å²) in [6.07, 6.45) is 5.20. The molecule has 2 heterocycles. The fourth-order valence-corrected chi connectivity index (χ4v) is 3.36. The summed E-state index contributed by atoms with van der Waals surface area (Å²) in [6.45, 7) is 4.60. The van der Waals surface area contributed by atoms with E-state index in [0.717, 1.165) is 44.6 Å². The number of oxazole rings is 1. The van der Waals surface area contributed by atoms with Crippen LogP contribution in [0.25, 0.3) is 0 Å². The first-order valence-electron chi connectivity index (χ1n) is 8.18. The van der Waals surface area contributed by atoms with Gasteiger partial charge in [-0.25, -0.2) is 13.8 Å². The molecule has 1 aliphatic rings. The van der Waals surface area contributed by atoms with Gasteiger partial charge >= 0.3 is 0 Å². The van der Waals surface area contributed by atoms with Crippen molar-refractivity contribution in [2.75, 3.05) is 13.1 Å². The van der Waals surface area contributed by atoms with E-state index in [4.69, 9.17) is 4.42 Å². The Morgan fingerprint density at radius 1 is 1.30 bits per heavy atom. The van der Waals surface area contributed by atoms with Crippen molar-refractivity contribution in [1.82, 2.24) is 9.88 Å². The highest BCUT2D eigenvalue weighted by Gasteiger charge is 2.21. The van der Waals surface area contributed by atoms with E-state index in [9.17, 15) is 8.78 Å². The number of benzene rings is 1. The van der Waals surface area contributed by atoms with Gasteiger partial charge in [-0.2, -0.15) is 0 Å². The third-order valence-corrected chi connectivity index (χ3v) is 4.52. The molecule has 0 spiro atoms. The Bertz CT molecular complexity index is 636. The Kier molecular flexibility index (Phi) is 5.06. The van der Waals surface area contributed by atoms with Crippen molar-refractivity contribution >= 4 is 0 Å². The summed E-state index contributed by atoms with van der Waals surface area (Å²) in [5.74, 6) is 0.283. The van der Waals surface area contributed by atoms with Crippen molar-refractivity contribution in [2.24, 2.45) is 5.92 Å². The molecule has 2 aromatic rings. The second-order valence-electron chi connectivity index (χ2n) is 6.34. The van der Waals surface area contributed by atoms with Crippen LogP contribution in [0.2, 0.25) is 0 Å². The minimum atomic E-state index is -0.435. The summed E-state index contributed by atoms with van der Waals surface area (Å²) in [5.41, 5.74) is 1.17. The highest BCUT2D eigenvalue weighted by atomic mass is 19.1. The van der Waals surface area contributed by atoms with E-state index in [1.54, 1.807) is 6.26 Å². The number of hydrogen-bond donors (Lipinski definition) is 0. The molecule has 3 nitrogen and oxygen atoms in total. The average molecular weight is 320 g/mol. The van der Waals surface area contributed by atoms with E-state index in [2.05, 4.69) is 9.88 Å². The summed E-state index contributed by atoms with van der Waals surface area (Å²) < 4.78 is 32.6. The van der Waals surface area contributed by atoms with Gasteiger partial charge in [0.15, 0.2) is 5.89 Å². The lowest BCUT2D eigenvalue weighted by molar-refractivity contribution is 0.160. The van der Waals surface area contributed by atoms with Crippen molar-refractivity contribution in [3.63, 3.8) is 0 Å². The predicted octanol–water partition coefficient (Wildman–Crippen LogP) is 4.11. The summed E-state index contributed by atoms with van der Waals surface area (Å²) in [5, 5.41) is 0. The van der Waals surface area contributed by atoms with Crippen LogP contribution in [0.15, 0.2) is 28.9 Å². The Hall–Kier alpha value is -1.75. The number of likely N-dealkylation sites (tertiary alicyclic amines) is 1. The van der Waals surface area contributed by atoms with Gasteiger partial charge in [-0.15, -0.1) is 0 Å². The zero-order chi connectivity index (χ0) is 16.2. The maximum Gasteiger partial charge on any atom is 0.191 e. The predicted molar refractivity (Wildman–Crippen MR) is 83.9 cm³/mol. The van der Waals surface area contributed by atoms with Crippen LogP contribution in [0.3, 0.4) is 0 Å². The molecule has 1 aromatic carbocycles. The Labute approximate surface area is 135 Å². The molecule has 1 aromatic heterocycles. The molecule has 5 heteroatoms. The molecule has 0 bridgehead atoms. The Morgan fingerprint density at radius 2 is 2.09 bits per heavy atom. The number of nitrogens with zero attached hydrogens (tertiary/aromatic N) is 2. The van der Waals surface area contributed by atoms with E-state index in [1.165, 1.54) is 18.2 Å². The smallest absolute Gasteiger partial charge is 0.191 e. The Balaban J connectivity index is 1.54. The molecular weight excluding hydrogens is 298 g/mol. The highest BCUT2D eigenvalue weighted by Crippen LogP contribution is 2.24. The van der Waals surface area contributed by atoms with Gasteiger partial charge in [0.25, 0.3) is 0 Å². The lowest BCUT2D eigenvalue weighted by atomic mass is 9.91. The monoisotopic (exact) mass is 320 g/mol. The number of piperidine rings is 1. The second kappa shape index (κ2) is 7.21. The van der Waals surface area contributed by atoms with Gasteiger partial charge in [0, 0.05) is 25.6 Å². The van der Waals surface area contributed by atoms with Crippen LogP contribution in [0.4, 0.5) is 8.78 Å². The van der Waals surface area contributed by atoms with Gasteiger partial charge in [0.05, 0.1) is 5.69 Å². The minimum Gasteiger partial charge on any atom is -0.449 e. The minimum absolute atomic E-state index is 0.219. The third kappa shape index (κ3) is 4.16. The molecule has 0 radical (unpaired) electrons. The molecule has 23 heavy (non-hydrogen) atoms. The normalized spacial score (nSPS) is 19.2. The molecule has 1 fully saturated rings. The van der Waals surface area contributed by atoms with E-state index in [-0.39, 0.29) is 5.56 Å². The van der Waals surface area contributed by atoms with E-state index >= 15 is 0 Å². The summed E-state index contributed by atoms with van der Waals surface area (Å²) in [7, 11) is 0. The lowest BCUT2D eigenvalue weighted by Crippen LogP contribution is -2.35. The quantitative estimate of drug-likeness (QED) is 0.830. The van der Waals surface area contributed by atoms with Crippen LogP contribution in [-0.4, -0.2) is 23.0 Å². The summed E-state index contributed by atoms with van der Waals surface area (Å²) >= 11 is 0. The number of rotatable bonds is 5. The van der Waals surface area contributed by atoms with E-state index < -0.39 is 11.6 Å². The highest BCUT2D eigenvalue weighted by molar-refractivity contribution is 5.19. The third-order valence-electron chi connectivity index (χ3n) is 4.52. The summed E-state index contributed by atoms with van der Waals surface area (Å²) in [6, 6.07) is 4.08. The number of hydrogen-bond acceptors (Lipinski definition) is 3. The first-order chi connectivity index (χ1) is 11.1. The topological polar surface area (TPSA) is 29.3 Å². The van der Waals surface area contributed by atoms with E-state index in [1.807, 2.05) is 6.92 Å². The van der Waals surface area contributed by atoms with Crippen LogP contribution in [0, 0.1) is 24.5 Å². The molecule has 1 atom stereocenters. The SMILES string of the molecule is Cc1nc(CN2CCCC(CCc3c(F)cccc3F)C2)co1. The molecule has 0 aliphatic carbocycles. The first kappa shape index (κ1) is 16.1. The van der Waals surface area contributed by atoms with Gasteiger partial charge in [-0.1, -0.05) is 6.07 Å². The molecule has 1 aliphatic heterocycles. The van der Waals surface area contributed by atoms with Crippen LogP contribution in [0.1, 0.15) is 36.4 Å². The van der Waals surface area contributed by atoms with Gasteiger partial charge < -0.3 is 4.42 Å². The van der Waals surface area contributed by atoms with Crippen molar-refractivity contribution in [3.05, 3.63) is 53.2 Å².